The Morgan fingerprint density at radius 3 is 2.36 bits per heavy atom. The normalized spacial score (nSPS) is 48.1. The molecule has 0 heterocycles. The van der Waals surface area contributed by atoms with E-state index in [2.05, 4.69) is 0 Å². The minimum atomic E-state index is -0.690. The maximum absolute atomic E-state index is 10.7. The van der Waals surface area contributed by atoms with Crippen LogP contribution in [0.2, 0.25) is 0 Å². The van der Waals surface area contributed by atoms with Crippen molar-refractivity contribution >= 4 is 5.97 Å². The molecule has 3 N–H and O–H groups in total. The van der Waals surface area contributed by atoms with Crippen molar-refractivity contribution in [3.63, 3.8) is 0 Å². The van der Waals surface area contributed by atoms with Gasteiger partial charge in [0.15, 0.2) is 0 Å². The number of hydrogen-bond acceptors (Lipinski definition) is 2. The second kappa shape index (κ2) is 2.21. The van der Waals surface area contributed by atoms with Crippen LogP contribution in [-0.4, -0.2) is 17.1 Å². The van der Waals surface area contributed by atoms with Crippen LogP contribution in [-0.2, 0) is 4.79 Å². The highest BCUT2D eigenvalue weighted by molar-refractivity contribution is 5.72. The lowest BCUT2D eigenvalue weighted by Gasteiger charge is -2.23. The number of hydrogen-bond donors (Lipinski definition) is 2. The van der Waals surface area contributed by atoms with Crippen molar-refractivity contribution in [1.29, 1.82) is 0 Å². The second-order valence-corrected chi connectivity index (χ2v) is 3.77. The number of carbonyl (C=O) groups is 1. The van der Waals surface area contributed by atoms with Crippen LogP contribution >= 0.6 is 0 Å². The molecule has 0 amide bonds. The summed E-state index contributed by atoms with van der Waals surface area (Å²) < 4.78 is 0. The van der Waals surface area contributed by atoms with E-state index in [1.807, 2.05) is 0 Å². The number of carboxylic acids is 1. The molecule has 4 atom stereocenters. The molecule has 0 radical (unpaired) electrons. The number of nitrogens with two attached hydrogens (primary N) is 1. The highest BCUT2D eigenvalue weighted by atomic mass is 16.4. The lowest BCUT2D eigenvalue weighted by Crippen LogP contribution is -2.40. The number of carboxylic acid groups (broad SMARTS) is 1. The third-order valence-corrected chi connectivity index (χ3v) is 3.27. The fourth-order valence-electron chi connectivity index (χ4n) is 2.70. The van der Waals surface area contributed by atoms with Crippen LogP contribution in [0, 0.1) is 17.8 Å². The van der Waals surface area contributed by atoms with Crippen LogP contribution in [0.3, 0.4) is 0 Å². The number of rotatable bonds is 1. The third kappa shape index (κ3) is 0.872. The molecule has 0 spiro atoms. The van der Waals surface area contributed by atoms with Gasteiger partial charge in [-0.05, 0) is 31.1 Å². The van der Waals surface area contributed by atoms with Crippen LogP contribution in [0.5, 0.6) is 0 Å². The molecule has 2 bridgehead atoms. The SMILES string of the molecule is N[C@H]1[C@@H]2CC[C@@H](C2)[C@@H]1C(=O)O. The van der Waals surface area contributed by atoms with Gasteiger partial charge in [-0.15, -0.1) is 0 Å². The maximum atomic E-state index is 10.7. The molecule has 62 valence electrons. The van der Waals surface area contributed by atoms with E-state index in [9.17, 15) is 4.79 Å². The van der Waals surface area contributed by atoms with Gasteiger partial charge in [0, 0.05) is 6.04 Å². The number of aliphatic carboxylic acids is 1. The topological polar surface area (TPSA) is 63.3 Å². The molecule has 2 aliphatic rings. The monoisotopic (exact) mass is 155 g/mol. The van der Waals surface area contributed by atoms with Crippen molar-refractivity contribution in [2.45, 2.75) is 25.3 Å². The molecule has 0 aromatic carbocycles. The van der Waals surface area contributed by atoms with E-state index < -0.39 is 5.97 Å². The van der Waals surface area contributed by atoms with Crippen molar-refractivity contribution in [1.82, 2.24) is 0 Å². The van der Waals surface area contributed by atoms with Crippen molar-refractivity contribution in [3.05, 3.63) is 0 Å². The van der Waals surface area contributed by atoms with Gasteiger partial charge < -0.3 is 10.8 Å². The first-order chi connectivity index (χ1) is 5.20. The molecule has 2 saturated carbocycles. The second-order valence-electron chi connectivity index (χ2n) is 3.77. The van der Waals surface area contributed by atoms with E-state index >= 15 is 0 Å². The van der Waals surface area contributed by atoms with Gasteiger partial charge in [-0.25, -0.2) is 0 Å². The van der Waals surface area contributed by atoms with Crippen LogP contribution in [0.15, 0.2) is 0 Å². The lowest BCUT2D eigenvalue weighted by molar-refractivity contribution is -0.144. The molecule has 0 saturated heterocycles. The van der Waals surface area contributed by atoms with Crippen molar-refractivity contribution < 1.29 is 9.90 Å². The Balaban J connectivity index is 2.17. The first-order valence-corrected chi connectivity index (χ1v) is 4.18. The Bertz CT molecular complexity index is 191. The highest BCUT2D eigenvalue weighted by Crippen LogP contribution is 2.47. The molecule has 11 heavy (non-hydrogen) atoms. The van der Waals surface area contributed by atoms with Gasteiger partial charge in [-0.1, -0.05) is 0 Å². The van der Waals surface area contributed by atoms with E-state index in [1.54, 1.807) is 0 Å². The van der Waals surface area contributed by atoms with Crippen molar-refractivity contribution in [2.75, 3.05) is 0 Å². The van der Waals surface area contributed by atoms with E-state index in [0.29, 0.717) is 11.8 Å². The number of fused-ring (bicyclic) bond motifs is 2. The van der Waals surface area contributed by atoms with Gasteiger partial charge in [0.2, 0.25) is 0 Å². The Morgan fingerprint density at radius 2 is 2.00 bits per heavy atom. The molecule has 3 nitrogen and oxygen atoms in total. The molecule has 2 rings (SSSR count). The molecular weight excluding hydrogens is 142 g/mol. The standard InChI is InChI=1S/C8H13NO2/c9-7-5-2-1-4(3-5)6(7)8(10)11/h4-7H,1-3,9H2,(H,10,11)/t4-,5+,6-,7-/m0/s1. The Hall–Kier alpha value is -0.570. The zero-order chi connectivity index (χ0) is 8.01. The van der Waals surface area contributed by atoms with Crippen molar-refractivity contribution in [3.8, 4) is 0 Å². The minimum absolute atomic E-state index is 0.0637. The quantitative estimate of drug-likeness (QED) is 0.577. The zero-order valence-electron chi connectivity index (χ0n) is 6.36. The van der Waals surface area contributed by atoms with Gasteiger partial charge in [-0.3, -0.25) is 4.79 Å². The summed E-state index contributed by atoms with van der Waals surface area (Å²) in [4.78, 5) is 10.7. The fraction of sp³-hybridized carbons (Fsp3) is 0.875. The van der Waals surface area contributed by atoms with Gasteiger partial charge in [0.05, 0.1) is 5.92 Å². The summed E-state index contributed by atoms with van der Waals surface area (Å²) in [5, 5.41) is 8.83. The Kier molecular flexibility index (Phi) is 1.42. The molecule has 0 unspecified atom stereocenters. The zero-order valence-corrected chi connectivity index (χ0v) is 6.36. The molecule has 2 fully saturated rings. The molecule has 0 aromatic heterocycles. The van der Waals surface area contributed by atoms with Crippen LogP contribution in [0.25, 0.3) is 0 Å². The summed E-state index contributed by atoms with van der Waals surface area (Å²) in [6.07, 6.45) is 3.28. The van der Waals surface area contributed by atoms with Gasteiger partial charge in [-0.2, -0.15) is 0 Å². The van der Waals surface area contributed by atoms with Gasteiger partial charge in [0.1, 0.15) is 0 Å². The van der Waals surface area contributed by atoms with E-state index in [4.69, 9.17) is 10.8 Å². The van der Waals surface area contributed by atoms with Gasteiger partial charge >= 0.3 is 5.97 Å². The van der Waals surface area contributed by atoms with Crippen LogP contribution in [0.4, 0.5) is 0 Å². The summed E-state index contributed by atoms with van der Waals surface area (Å²) in [6.45, 7) is 0. The van der Waals surface area contributed by atoms with E-state index in [0.717, 1.165) is 19.3 Å². The van der Waals surface area contributed by atoms with Crippen LogP contribution < -0.4 is 5.73 Å². The summed E-state index contributed by atoms with van der Waals surface area (Å²) in [7, 11) is 0. The summed E-state index contributed by atoms with van der Waals surface area (Å²) in [5.41, 5.74) is 5.78. The maximum Gasteiger partial charge on any atom is 0.308 e. The lowest BCUT2D eigenvalue weighted by atomic mass is 9.85. The molecule has 0 aromatic rings. The predicted octanol–water partition coefficient (Wildman–Crippen LogP) is 0.444. The average Bonchev–Trinajstić information content (AvgIpc) is 2.44. The minimum Gasteiger partial charge on any atom is -0.481 e. The third-order valence-electron chi connectivity index (χ3n) is 3.27. The Labute approximate surface area is 65.6 Å². The highest BCUT2D eigenvalue weighted by Gasteiger charge is 2.49. The fourth-order valence-corrected chi connectivity index (χ4v) is 2.70. The van der Waals surface area contributed by atoms with E-state index in [1.165, 1.54) is 0 Å². The van der Waals surface area contributed by atoms with E-state index in [-0.39, 0.29) is 12.0 Å². The molecule has 2 aliphatic carbocycles. The summed E-state index contributed by atoms with van der Waals surface area (Å²) >= 11 is 0. The molecule has 0 aliphatic heterocycles. The first-order valence-electron chi connectivity index (χ1n) is 4.18. The van der Waals surface area contributed by atoms with Gasteiger partial charge in [0.25, 0.3) is 0 Å². The van der Waals surface area contributed by atoms with Crippen LogP contribution in [0.1, 0.15) is 19.3 Å². The average molecular weight is 155 g/mol. The Morgan fingerprint density at radius 1 is 1.36 bits per heavy atom. The summed E-state index contributed by atoms with van der Waals surface area (Å²) in [6, 6.07) is -0.0637. The predicted molar refractivity (Wildman–Crippen MR) is 39.9 cm³/mol. The van der Waals surface area contributed by atoms with Crippen molar-refractivity contribution in [2.24, 2.45) is 23.5 Å². The first kappa shape index (κ1) is 7.10. The molecular formula is C8H13NO2. The largest absolute Gasteiger partial charge is 0.481 e. The summed E-state index contributed by atoms with van der Waals surface area (Å²) in [5.74, 6) is -0.0490. The smallest absolute Gasteiger partial charge is 0.308 e. The molecule has 3 heteroatoms.